The van der Waals surface area contributed by atoms with Crippen LogP contribution >= 0.6 is 0 Å². The molecule has 2 aliphatic carbocycles. The Hall–Kier alpha value is -5.25. The molecule has 292 valence electrons. The summed E-state index contributed by atoms with van der Waals surface area (Å²) in [5.41, 5.74) is 12.9. The van der Waals surface area contributed by atoms with Crippen molar-refractivity contribution in [1.82, 2.24) is 0 Å². The smallest absolute Gasteiger partial charge is 0.308 e. The molecule has 0 bridgehead atoms. The van der Waals surface area contributed by atoms with E-state index in [1.807, 2.05) is 30.3 Å². The van der Waals surface area contributed by atoms with Crippen molar-refractivity contribution < 1.29 is 54.1 Å². The second kappa shape index (κ2) is 16.1. The number of phenolic OH excluding ortho intramolecular Hbond substituents is 1. The Morgan fingerprint density at radius 3 is 2.29 bits per heavy atom. The molecule has 4 aromatic carbocycles. The molecular weight excluding hydrogens is 720 g/mol. The summed E-state index contributed by atoms with van der Waals surface area (Å²) in [7, 11) is 0. The lowest BCUT2D eigenvalue weighted by Crippen LogP contribution is -2.60. The van der Waals surface area contributed by atoms with Crippen LogP contribution in [0.25, 0.3) is 12.2 Å². The highest BCUT2D eigenvalue weighted by Gasteiger charge is 2.48. The first kappa shape index (κ1) is 39.0. The third-order valence-corrected chi connectivity index (χ3v) is 10.8. The highest BCUT2D eigenvalue weighted by molar-refractivity contribution is 6.31. The predicted molar refractivity (Wildman–Crippen MR) is 204 cm³/mol. The third-order valence-electron chi connectivity index (χ3n) is 10.8. The molecule has 0 spiro atoms. The monoisotopic (exact) mass is 764 g/mol. The zero-order valence-corrected chi connectivity index (χ0v) is 30.6. The number of aromatic hydroxyl groups is 1. The summed E-state index contributed by atoms with van der Waals surface area (Å²) in [6.45, 7) is 0.474. The molecule has 5 atom stereocenters. The van der Waals surface area contributed by atoms with E-state index in [4.69, 9.17) is 25.7 Å². The molecule has 13 heteroatoms. The number of rotatable bonds is 10. The molecule has 0 radical (unpaired) electrons. The molecule has 5 unspecified atom stereocenters. The number of carbonyl (C=O) groups excluding carboxylic acids is 3. The van der Waals surface area contributed by atoms with E-state index in [2.05, 4.69) is 0 Å². The van der Waals surface area contributed by atoms with Crippen LogP contribution in [-0.2, 0) is 22.6 Å². The van der Waals surface area contributed by atoms with Crippen LogP contribution in [0.2, 0.25) is 0 Å². The van der Waals surface area contributed by atoms with Crippen molar-refractivity contribution in [2.24, 2.45) is 17.4 Å². The summed E-state index contributed by atoms with van der Waals surface area (Å²) in [4.78, 5) is 41.7. The van der Waals surface area contributed by atoms with Gasteiger partial charge in [0.2, 0.25) is 6.29 Å². The quantitative estimate of drug-likeness (QED) is 0.0467. The maximum absolute atomic E-state index is 14.8. The fraction of sp³-hybridized carbons (Fsp3) is 0.326. The second-order valence-corrected chi connectivity index (χ2v) is 14.5. The number of aliphatic hydroxyl groups is 4. The van der Waals surface area contributed by atoms with Gasteiger partial charge in [0.25, 0.3) is 0 Å². The first-order valence-corrected chi connectivity index (χ1v) is 18.5. The van der Waals surface area contributed by atoms with Crippen LogP contribution in [0.4, 0.5) is 0 Å². The third kappa shape index (κ3) is 7.38. The van der Waals surface area contributed by atoms with Crippen LogP contribution < -0.4 is 20.9 Å². The van der Waals surface area contributed by atoms with Crippen molar-refractivity contribution >= 4 is 29.7 Å². The average Bonchev–Trinajstić information content (AvgIpc) is 3.72. The van der Waals surface area contributed by atoms with E-state index in [0.29, 0.717) is 11.1 Å². The number of aliphatic hydroxyl groups excluding tert-OH is 4. The number of ether oxygens (including phenoxy) is 3. The molecule has 1 heterocycles. The van der Waals surface area contributed by atoms with Gasteiger partial charge in [-0.15, -0.1) is 0 Å². The SMILES string of the molecule is CC(=O)Oc1cc(CO)c2c(c1C=Cc1ccccc1)C(=O)c1cc(OC3OC(C4CCCC4)C(O)C(O)C3O)c(Cc3cccc(C(N)N)c3)c(O)c1C2=O. The summed E-state index contributed by atoms with van der Waals surface area (Å²) >= 11 is 0. The molecule has 3 aliphatic rings. The topological polar surface area (TPSA) is 232 Å². The molecule has 9 N–H and O–H groups in total. The first-order chi connectivity index (χ1) is 26.9. The van der Waals surface area contributed by atoms with Crippen molar-refractivity contribution in [2.45, 2.75) is 82.5 Å². The highest BCUT2D eigenvalue weighted by Crippen LogP contribution is 2.46. The maximum Gasteiger partial charge on any atom is 0.308 e. The lowest BCUT2D eigenvalue weighted by Gasteiger charge is -2.42. The van der Waals surface area contributed by atoms with Crippen LogP contribution in [-0.4, -0.2) is 73.8 Å². The van der Waals surface area contributed by atoms with Gasteiger partial charge >= 0.3 is 5.97 Å². The fourth-order valence-corrected chi connectivity index (χ4v) is 8.01. The number of esters is 1. The van der Waals surface area contributed by atoms with Crippen LogP contribution in [0.15, 0.2) is 66.7 Å². The average molecular weight is 765 g/mol. The van der Waals surface area contributed by atoms with Gasteiger partial charge < -0.3 is 51.2 Å². The molecule has 0 amide bonds. The van der Waals surface area contributed by atoms with Crippen molar-refractivity contribution in [3.05, 3.63) is 122 Å². The summed E-state index contributed by atoms with van der Waals surface area (Å²) in [6, 6.07) is 18.6. The lowest BCUT2D eigenvalue weighted by molar-refractivity contribution is -0.282. The largest absolute Gasteiger partial charge is 0.507 e. The molecule has 13 nitrogen and oxygen atoms in total. The number of fused-ring (bicyclic) bond motifs is 2. The Bertz CT molecular complexity index is 2200. The van der Waals surface area contributed by atoms with E-state index in [0.717, 1.165) is 31.2 Å². The van der Waals surface area contributed by atoms with E-state index in [1.165, 1.54) is 25.1 Å². The van der Waals surface area contributed by atoms with Gasteiger partial charge in [-0.2, -0.15) is 0 Å². The number of carbonyl (C=O) groups is 3. The molecule has 56 heavy (non-hydrogen) atoms. The van der Waals surface area contributed by atoms with Crippen molar-refractivity contribution in [3.63, 3.8) is 0 Å². The standard InChI is InChI=1S/C43H44N2O11/c1-21(47)54-30-18-26(20-46)32-33(27(30)15-14-22-8-3-2-4-9-22)36(49)29-19-31(55-43-40(53)38(51)39(52)41(56-43)24-11-5-6-12-24)28(35(48)34(29)37(32)50)17-23-10-7-13-25(16-23)42(44)45/h2-4,7-10,13-16,18-19,24,38-43,46,48,51-53H,5-6,11-12,17,20,44-45H2,1H3. The maximum atomic E-state index is 14.8. The minimum atomic E-state index is -1.74. The Kier molecular flexibility index (Phi) is 11.2. The minimum Gasteiger partial charge on any atom is -0.507 e. The fourth-order valence-electron chi connectivity index (χ4n) is 8.01. The van der Waals surface area contributed by atoms with Crippen molar-refractivity contribution in [3.8, 4) is 17.2 Å². The highest BCUT2D eigenvalue weighted by atomic mass is 16.7. The van der Waals surface area contributed by atoms with Gasteiger partial charge in [-0.25, -0.2) is 0 Å². The molecule has 4 aromatic rings. The molecular formula is C43H44N2O11. The number of hydrogen-bond acceptors (Lipinski definition) is 13. The van der Waals surface area contributed by atoms with Crippen LogP contribution in [0, 0.1) is 5.92 Å². The Balaban J connectivity index is 1.40. The van der Waals surface area contributed by atoms with E-state index >= 15 is 0 Å². The molecule has 1 aliphatic heterocycles. The molecule has 0 aromatic heterocycles. The van der Waals surface area contributed by atoms with E-state index in [1.54, 1.807) is 30.3 Å². The number of nitrogens with two attached hydrogens (primary N) is 2. The van der Waals surface area contributed by atoms with Gasteiger partial charge in [-0.3, -0.25) is 14.4 Å². The number of ketones is 2. The van der Waals surface area contributed by atoms with Gasteiger partial charge in [0, 0.05) is 41.2 Å². The van der Waals surface area contributed by atoms with Gasteiger partial charge in [-0.1, -0.05) is 73.5 Å². The number of benzene rings is 4. The van der Waals surface area contributed by atoms with Gasteiger partial charge in [0.1, 0.15) is 35.6 Å². The summed E-state index contributed by atoms with van der Waals surface area (Å²) < 4.78 is 18.0. The van der Waals surface area contributed by atoms with Crippen molar-refractivity contribution in [1.29, 1.82) is 0 Å². The number of hydrogen-bond donors (Lipinski definition) is 7. The van der Waals surface area contributed by atoms with Crippen LogP contribution in [0.1, 0.15) is 104 Å². The summed E-state index contributed by atoms with van der Waals surface area (Å²) in [5, 5.41) is 55.6. The Morgan fingerprint density at radius 2 is 1.61 bits per heavy atom. The lowest BCUT2D eigenvalue weighted by atomic mass is 9.77. The van der Waals surface area contributed by atoms with Crippen LogP contribution in [0.3, 0.4) is 0 Å². The van der Waals surface area contributed by atoms with Crippen molar-refractivity contribution in [2.75, 3.05) is 0 Å². The zero-order chi connectivity index (χ0) is 39.8. The minimum absolute atomic E-state index is 0.00718. The van der Waals surface area contributed by atoms with Crippen LogP contribution in [0.5, 0.6) is 17.2 Å². The molecule has 2 fully saturated rings. The van der Waals surface area contributed by atoms with E-state index in [9.17, 15) is 39.9 Å². The second-order valence-electron chi connectivity index (χ2n) is 14.5. The molecule has 1 saturated carbocycles. The Morgan fingerprint density at radius 1 is 0.875 bits per heavy atom. The number of phenols is 1. The van der Waals surface area contributed by atoms with Gasteiger partial charge in [0.05, 0.1) is 24.4 Å². The van der Waals surface area contributed by atoms with Gasteiger partial charge in [0.15, 0.2) is 11.6 Å². The molecule has 1 saturated heterocycles. The summed E-state index contributed by atoms with van der Waals surface area (Å²) in [6.07, 6.45) is -1.58. The first-order valence-electron chi connectivity index (χ1n) is 18.5. The zero-order valence-electron chi connectivity index (χ0n) is 30.6. The predicted octanol–water partition coefficient (Wildman–Crippen LogP) is 3.64. The van der Waals surface area contributed by atoms with E-state index in [-0.39, 0.29) is 62.8 Å². The summed E-state index contributed by atoms with van der Waals surface area (Å²) in [5.74, 6) is -3.16. The molecule has 7 rings (SSSR count). The Labute approximate surface area is 322 Å². The van der Waals surface area contributed by atoms with Gasteiger partial charge in [-0.05, 0) is 59.2 Å². The van der Waals surface area contributed by atoms with E-state index < -0.39 is 66.8 Å². The normalized spacial score (nSPS) is 22.4.